The second-order valence-electron chi connectivity index (χ2n) is 16.5. The van der Waals surface area contributed by atoms with Gasteiger partial charge in [-0.3, -0.25) is 4.79 Å². The second-order valence-corrected chi connectivity index (χ2v) is 20.9. The monoisotopic (exact) mass is 952 g/mol. The Morgan fingerprint density at radius 3 is 2.06 bits per heavy atom. The molecule has 3 aromatic rings. The minimum atomic E-state index is -4.72. The molecule has 0 saturated carbocycles. The van der Waals surface area contributed by atoms with Crippen LogP contribution in [0.4, 0.5) is 11.4 Å². The van der Waals surface area contributed by atoms with Crippen molar-refractivity contribution in [2.75, 3.05) is 29.5 Å². The maximum absolute atomic E-state index is 11.8. The topological polar surface area (TPSA) is 224 Å². The van der Waals surface area contributed by atoms with Crippen molar-refractivity contribution in [1.29, 1.82) is 0 Å². The molecule has 1 unspecified atom stereocenters. The van der Waals surface area contributed by atoms with E-state index < -0.39 is 63.6 Å². The number of para-hydroxylation sites is 2. The number of ether oxygens (including phenoxy) is 1. The van der Waals surface area contributed by atoms with Gasteiger partial charge in [0.2, 0.25) is 5.69 Å². The average Bonchev–Trinajstić information content (AvgIpc) is 3.55. The first kappa shape index (κ1) is 53.7. The van der Waals surface area contributed by atoms with Crippen LogP contribution in [0.1, 0.15) is 83.3 Å². The van der Waals surface area contributed by atoms with Gasteiger partial charge in [0.25, 0.3) is 0 Å². The van der Waals surface area contributed by atoms with E-state index in [1.807, 2.05) is 89.2 Å². The van der Waals surface area contributed by atoms with Crippen LogP contribution in [-0.4, -0.2) is 84.9 Å². The van der Waals surface area contributed by atoms with Gasteiger partial charge in [-0.25, -0.2) is 25.3 Å². The molecule has 0 spiro atoms. The van der Waals surface area contributed by atoms with Gasteiger partial charge in [-0.05, 0) is 118 Å². The van der Waals surface area contributed by atoms with Crippen LogP contribution in [0.2, 0.25) is 0 Å². The van der Waals surface area contributed by atoms with Crippen LogP contribution in [0, 0.1) is 0 Å². The van der Waals surface area contributed by atoms with E-state index in [-0.39, 0.29) is 97.2 Å². The normalized spacial score (nSPS) is 19.8. The van der Waals surface area contributed by atoms with E-state index in [0.717, 1.165) is 45.1 Å². The summed E-state index contributed by atoms with van der Waals surface area (Å²) in [4.78, 5) is 13.2. The third-order valence-electron chi connectivity index (χ3n) is 11.8. The van der Waals surface area contributed by atoms with Crippen molar-refractivity contribution in [3.63, 3.8) is 0 Å². The van der Waals surface area contributed by atoms with Crippen molar-refractivity contribution in [3.05, 3.63) is 131 Å². The molecule has 2 heterocycles. The molecule has 2 aliphatic heterocycles. The smallest absolute Gasteiger partial charge is 0.748 e. The molecule has 0 saturated heterocycles. The predicted molar refractivity (Wildman–Crippen MR) is 231 cm³/mol. The molecule has 1 aliphatic carbocycles. The van der Waals surface area contributed by atoms with E-state index in [4.69, 9.17) is 4.74 Å². The van der Waals surface area contributed by atoms with Crippen molar-refractivity contribution in [2.45, 2.75) is 87.9 Å². The summed E-state index contributed by atoms with van der Waals surface area (Å²) < 4.78 is 113. The zero-order valence-electron chi connectivity index (χ0n) is 36.8. The Labute approximate surface area is 420 Å². The van der Waals surface area contributed by atoms with Gasteiger partial charge >= 0.3 is 65.1 Å². The van der Waals surface area contributed by atoms with E-state index in [2.05, 4.69) is 13.8 Å². The minimum Gasteiger partial charge on any atom is -0.748 e. The summed E-state index contributed by atoms with van der Waals surface area (Å²) >= 11 is 0. The van der Waals surface area contributed by atoms with Crippen LogP contribution in [0.25, 0.3) is 0 Å². The van der Waals surface area contributed by atoms with Crippen molar-refractivity contribution in [3.8, 4) is 5.75 Å². The number of benzene rings is 3. The van der Waals surface area contributed by atoms with Gasteiger partial charge in [0.1, 0.15) is 28.2 Å². The first-order valence-corrected chi connectivity index (χ1v) is 24.9. The Morgan fingerprint density at radius 1 is 0.797 bits per heavy atom. The van der Waals surface area contributed by atoms with E-state index in [1.54, 1.807) is 0 Å². The summed E-state index contributed by atoms with van der Waals surface area (Å²) in [5, 5.41) is 9.52. The first-order valence-electron chi connectivity index (χ1n) is 20.4. The van der Waals surface area contributed by atoms with Gasteiger partial charge in [0.05, 0.1) is 30.5 Å². The summed E-state index contributed by atoms with van der Waals surface area (Å²) in [5.41, 5.74) is 5.68. The standard InChI is InChI=1S/C45H52N2O12S3.2Na/c1-44(2)36-14-4-6-16-38(36)46(28-10-30-60(50,51)52)40(44)25-19-32-12-8-13-33(43(32)59-34-21-23-35(24-22-34)62(56,57)58)20-26-41-45(3,27-9-18-42(48)49)37-15-5-7-17-39(37)47(41)29-11-31-61(53,54)55;;/h4-7,14-17,19-26H,8-13,18,27-31H2,1-3H3,(H3-,48,49,50,51,52,53,54,55,56,57,58);;/q;2*+1/p-2. The van der Waals surface area contributed by atoms with Crippen molar-refractivity contribution in [1.82, 2.24) is 0 Å². The summed E-state index contributed by atoms with van der Waals surface area (Å²) in [6, 6.07) is 20.6. The van der Waals surface area contributed by atoms with Crippen molar-refractivity contribution < 1.29 is 117 Å². The molecule has 332 valence electrons. The molecule has 14 nitrogen and oxygen atoms in total. The summed E-state index contributed by atoms with van der Waals surface area (Å²) in [7, 11) is -13.6. The van der Waals surface area contributed by atoms with Gasteiger partial charge in [0, 0.05) is 65.4 Å². The number of hydrogen-bond acceptors (Lipinski definition) is 12. The van der Waals surface area contributed by atoms with Crippen LogP contribution >= 0.6 is 0 Å². The maximum Gasteiger partial charge on any atom is 1.00 e. The summed E-state index contributed by atoms with van der Waals surface area (Å²) in [6.07, 6.45) is 10.5. The zero-order chi connectivity index (χ0) is 45.1. The van der Waals surface area contributed by atoms with Crippen molar-refractivity contribution >= 4 is 53.4 Å². The SMILES string of the molecule is CC1(C)C(/C=C/C2=C(Oc3ccc(S(=O)(=O)[O-])cc3)C(=C/C=C3\N(CCCS(=O)(=O)[O-])c4ccccc4C3(C)CCCC(=O)O)/CCC2)=[N+](CCCS(=O)(=O)[O-])c2ccccc21.[Na+].[Na+]. The molecular weight excluding hydrogens is 903 g/mol. The summed E-state index contributed by atoms with van der Waals surface area (Å²) in [5.74, 6) is -1.25. The molecule has 0 fully saturated rings. The molecule has 64 heavy (non-hydrogen) atoms. The quantitative estimate of drug-likeness (QED) is 0.106. The van der Waals surface area contributed by atoms with Gasteiger partial charge in [0.15, 0.2) is 5.71 Å². The van der Waals surface area contributed by atoms with E-state index in [0.29, 0.717) is 37.9 Å². The van der Waals surface area contributed by atoms with Gasteiger partial charge in [-0.15, -0.1) is 0 Å². The number of aliphatic carboxylic acids is 1. The number of carbonyl (C=O) groups is 1. The zero-order valence-corrected chi connectivity index (χ0v) is 43.2. The van der Waals surface area contributed by atoms with E-state index in [9.17, 15) is 48.8 Å². The third kappa shape index (κ3) is 12.9. The fourth-order valence-corrected chi connectivity index (χ4v) is 10.2. The molecular formula is C45H50N2Na2O12S3. The Balaban J connectivity index is 0.00000449. The van der Waals surface area contributed by atoms with E-state index in [1.165, 1.54) is 24.3 Å². The number of hydrogen-bond donors (Lipinski definition) is 1. The van der Waals surface area contributed by atoms with Crippen LogP contribution in [-0.2, 0) is 46.0 Å². The van der Waals surface area contributed by atoms with Crippen molar-refractivity contribution in [2.24, 2.45) is 0 Å². The molecule has 3 aliphatic rings. The molecule has 3 aromatic carbocycles. The van der Waals surface area contributed by atoms with Crippen LogP contribution < -0.4 is 68.8 Å². The minimum absolute atomic E-state index is 0. The number of allylic oxidation sites excluding steroid dienone is 7. The Morgan fingerprint density at radius 2 is 1.42 bits per heavy atom. The fourth-order valence-electron chi connectivity index (χ4n) is 8.80. The van der Waals surface area contributed by atoms with Gasteiger partial charge in [-0.2, -0.15) is 4.58 Å². The van der Waals surface area contributed by atoms with Crippen LogP contribution in [0.3, 0.4) is 0 Å². The average molecular weight is 953 g/mol. The number of rotatable bonds is 18. The number of nitrogens with zero attached hydrogens (tertiary/aromatic N) is 2. The Bertz CT molecular complexity index is 2730. The first-order chi connectivity index (χ1) is 29.1. The summed E-state index contributed by atoms with van der Waals surface area (Å²) in [6.45, 7) is 6.64. The Kier molecular flexibility index (Phi) is 18.3. The molecule has 0 amide bonds. The number of carboxylic acid groups (broad SMARTS) is 1. The van der Waals surface area contributed by atoms with Gasteiger partial charge in [-0.1, -0.05) is 42.5 Å². The van der Waals surface area contributed by atoms with Crippen LogP contribution in [0.15, 0.2) is 125 Å². The maximum atomic E-state index is 11.8. The molecule has 1 atom stereocenters. The predicted octanol–water partition coefficient (Wildman–Crippen LogP) is 0.762. The number of fused-ring (bicyclic) bond motifs is 2. The number of carboxylic acids is 1. The molecule has 19 heteroatoms. The molecule has 0 aromatic heterocycles. The molecule has 0 bridgehead atoms. The largest absolute Gasteiger partial charge is 1.00 e. The Hall–Kier alpha value is -2.91. The third-order valence-corrected chi connectivity index (χ3v) is 14.2. The second kappa shape index (κ2) is 21.8. The van der Waals surface area contributed by atoms with E-state index >= 15 is 0 Å². The molecule has 0 radical (unpaired) electrons. The van der Waals surface area contributed by atoms with Gasteiger partial charge < -0.3 is 28.4 Å². The van der Waals surface area contributed by atoms with Crippen LogP contribution in [0.5, 0.6) is 5.75 Å². The fraction of sp³-hybridized carbons (Fsp3) is 0.378. The molecule has 1 N–H and O–H groups in total. The molecule has 6 rings (SSSR count). The number of anilines is 1.